The second-order valence-electron chi connectivity index (χ2n) is 9.05. The Balaban J connectivity index is 1.45. The monoisotopic (exact) mass is 462 g/mol. The summed E-state index contributed by atoms with van der Waals surface area (Å²) in [6, 6.07) is 39.8. The first-order valence-electron chi connectivity index (χ1n) is 12.1. The predicted molar refractivity (Wildman–Crippen MR) is 147 cm³/mol. The molecule has 0 bridgehead atoms. The Bertz CT molecular complexity index is 1900. The maximum atomic E-state index is 5.15. The molecule has 0 unspecified atom stereocenters. The van der Waals surface area contributed by atoms with Crippen molar-refractivity contribution in [2.45, 2.75) is 6.92 Å². The van der Waals surface area contributed by atoms with Crippen molar-refractivity contribution in [3.8, 4) is 28.3 Å². The fourth-order valence-corrected chi connectivity index (χ4v) is 4.96. The van der Waals surface area contributed by atoms with Crippen LogP contribution in [0.3, 0.4) is 0 Å². The van der Waals surface area contributed by atoms with Gasteiger partial charge < -0.3 is 0 Å². The number of aromatic nitrogens is 4. The highest BCUT2D eigenvalue weighted by atomic mass is 15.3. The van der Waals surface area contributed by atoms with Crippen LogP contribution in [0.15, 0.2) is 115 Å². The van der Waals surface area contributed by atoms with Gasteiger partial charge in [-0.3, -0.25) is 0 Å². The first-order chi connectivity index (χ1) is 17.7. The second kappa shape index (κ2) is 8.14. The molecular formula is C32H22N4. The molecule has 7 rings (SSSR count). The lowest BCUT2D eigenvalue weighted by Crippen LogP contribution is -2.02. The van der Waals surface area contributed by atoms with E-state index in [1.807, 2.05) is 35.9 Å². The van der Waals surface area contributed by atoms with Crippen molar-refractivity contribution in [1.29, 1.82) is 0 Å². The molecule has 0 amide bonds. The molecule has 0 atom stereocenters. The molecule has 0 radical (unpaired) electrons. The SMILES string of the molecule is Cc1cc(-c2ccccc2)n(-c2ccc3ccc4ccc(-c5cccc6ccccc56)nc4c3n2)n1. The topological polar surface area (TPSA) is 43.6 Å². The number of fused-ring (bicyclic) bond motifs is 4. The van der Waals surface area contributed by atoms with Crippen LogP contribution in [0.2, 0.25) is 0 Å². The molecular weight excluding hydrogens is 440 g/mol. The van der Waals surface area contributed by atoms with E-state index in [1.54, 1.807) is 0 Å². The Morgan fingerprint density at radius 2 is 1.28 bits per heavy atom. The van der Waals surface area contributed by atoms with Gasteiger partial charge in [0.25, 0.3) is 0 Å². The summed E-state index contributed by atoms with van der Waals surface area (Å²) in [5, 5.41) is 9.30. The molecule has 0 fully saturated rings. The van der Waals surface area contributed by atoms with Gasteiger partial charge in [0.15, 0.2) is 5.82 Å². The van der Waals surface area contributed by atoms with E-state index < -0.39 is 0 Å². The van der Waals surface area contributed by atoms with Gasteiger partial charge in [-0.05, 0) is 42.0 Å². The van der Waals surface area contributed by atoms with E-state index in [-0.39, 0.29) is 0 Å². The standard InChI is InChI=1S/C32H22N4/c1-21-20-29(23-9-3-2-4-10-23)36(35-21)30-19-17-25-15-14-24-16-18-28(33-31(24)32(25)34-30)27-13-7-11-22-8-5-6-12-26(22)27/h2-20H,1H3. The molecule has 0 saturated heterocycles. The normalized spacial score (nSPS) is 11.5. The maximum absolute atomic E-state index is 5.15. The first kappa shape index (κ1) is 20.5. The number of rotatable bonds is 3. The van der Waals surface area contributed by atoms with Crippen LogP contribution in [0.5, 0.6) is 0 Å². The molecule has 3 heterocycles. The van der Waals surface area contributed by atoms with Crippen LogP contribution in [0.1, 0.15) is 5.69 Å². The number of nitrogens with zero attached hydrogens (tertiary/aromatic N) is 4. The number of hydrogen-bond donors (Lipinski definition) is 0. The number of benzene rings is 4. The Hall–Kier alpha value is -4.83. The van der Waals surface area contributed by atoms with Gasteiger partial charge in [0.2, 0.25) is 0 Å². The fraction of sp³-hybridized carbons (Fsp3) is 0.0312. The van der Waals surface area contributed by atoms with Crippen molar-refractivity contribution in [3.05, 3.63) is 121 Å². The van der Waals surface area contributed by atoms with Gasteiger partial charge in [-0.1, -0.05) is 91.0 Å². The zero-order valence-corrected chi connectivity index (χ0v) is 19.8. The lowest BCUT2D eigenvalue weighted by atomic mass is 10.0. The van der Waals surface area contributed by atoms with E-state index in [2.05, 4.69) is 91.0 Å². The average molecular weight is 463 g/mol. The third kappa shape index (κ3) is 3.35. The number of aryl methyl sites for hydroxylation is 1. The van der Waals surface area contributed by atoms with E-state index in [4.69, 9.17) is 15.1 Å². The Morgan fingerprint density at radius 3 is 2.14 bits per heavy atom. The van der Waals surface area contributed by atoms with Crippen molar-refractivity contribution in [2.75, 3.05) is 0 Å². The van der Waals surface area contributed by atoms with E-state index in [9.17, 15) is 0 Å². The minimum atomic E-state index is 0.777. The maximum Gasteiger partial charge on any atom is 0.154 e. The van der Waals surface area contributed by atoms with E-state index >= 15 is 0 Å². The highest BCUT2D eigenvalue weighted by molar-refractivity contribution is 6.05. The smallest absolute Gasteiger partial charge is 0.154 e. The molecule has 0 aliphatic heterocycles. The summed E-state index contributed by atoms with van der Waals surface area (Å²) in [5.74, 6) is 0.777. The molecule has 36 heavy (non-hydrogen) atoms. The minimum absolute atomic E-state index is 0.777. The third-order valence-corrected chi connectivity index (χ3v) is 6.69. The summed E-state index contributed by atoms with van der Waals surface area (Å²) >= 11 is 0. The van der Waals surface area contributed by atoms with Crippen molar-refractivity contribution < 1.29 is 0 Å². The van der Waals surface area contributed by atoms with Crippen molar-refractivity contribution in [3.63, 3.8) is 0 Å². The summed E-state index contributed by atoms with van der Waals surface area (Å²) in [6.45, 7) is 2.01. The Labute approximate surface area is 208 Å². The molecule has 0 aliphatic carbocycles. The van der Waals surface area contributed by atoms with Crippen LogP contribution in [-0.4, -0.2) is 19.7 Å². The van der Waals surface area contributed by atoms with Gasteiger partial charge in [0.1, 0.15) is 0 Å². The van der Waals surface area contributed by atoms with Crippen LogP contribution in [0, 0.1) is 6.92 Å². The van der Waals surface area contributed by atoms with E-state index in [0.717, 1.165) is 55.8 Å². The summed E-state index contributed by atoms with van der Waals surface area (Å²) in [7, 11) is 0. The van der Waals surface area contributed by atoms with Gasteiger partial charge in [-0.25, -0.2) is 14.6 Å². The molecule has 0 aliphatic rings. The van der Waals surface area contributed by atoms with Gasteiger partial charge in [0.05, 0.1) is 28.1 Å². The number of pyridine rings is 2. The summed E-state index contributed by atoms with van der Waals surface area (Å²) < 4.78 is 1.93. The zero-order valence-electron chi connectivity index (χ0n) is 19.8. The summed E-state index contributed by atoms with van der Waals surface area (Å²) in [6.07, 6.45) is 0. The molecule has 7 aromatic rings. The Morgan fingerprint density at radius 1 is 0.583 bits per heavy atom. The van der Waals surface area contributed by atoms with Crippen LogP contribution in [0.4, 0.5) is 0 Å². The van der Waals surface area contributed by atoms with E-state index in [0.29, 0.717) is 0 Å². The largest absolute Gasteiger partial charge is 0.245 e. The van der Waals surface area contributed by atoms with Crippen molar-refractivity contribution in [1.82, 2.24) is 19.7 Å². The fourth-order valence-electron chi connectivity index (χ4n) is 4.96. The van der Waals surface area contributed by atoms with Crippen molar-refractivity contribution in [2.24, 2.45) is 0 Å². The van der Waals surface area contributed by atoms with Gasteiger partial charge >= 0.3 is 0 Å². The van der Waals surface area contributed by atoms with Gasteiger partial charge in [0, 0.05) is 21.9 Å². The molecule has 170 valence electrons. The lowest BCUT2D eigenvalue weighted by molar-refractivity contribution is 0.844. The van der Waals surface area contributed by atoms with Crippen molar-refractivity contribution >= 4 is 32.6 Å². The molecule has 0 spiro atoms. The third-order valence-electron chi connectivity index (χ3n) is 6.69. The highest BCUT2D eigenvalue weighted by Gasteiger charge is 2.14. The van der Waals surface area contributed by atoms with Crippen LogP contribution in [0.25, 0.3) is 60.9 Å². The number of hydrogen-bond acceptors (Lipinski definition) is 3. The van der Waals surface area contributed by atoms with Crippen LogP contribution < -0.4 is 0 Å². The molecule has 3 aromatic heterocycles. The zero-order chi connectivity index (χ0) is 24.1. The molecule has 4 heteroatoms. The molecule has 0 saturated carbocycles. The predicted octanol–water partition coefficient (Wildman–Crippen LogP) is 7.76. The molecule has 4 nitrogen and oxygen atoms in total. The van der Waals surface area contributed by atoms with E-state index in [1.165, 1.54) is 10.8 Å². The average Bonchev–Trinajstić information content (AvgIpc) is 3.34. The minimum Gasteiger partial charge on any atom is -0.245 e. The Kier molecular flexibility index (Phi) is 4.64. The first-order valence-corrected chi connectivity index (χ1v) is 12.1. The van der Waals surface area contributed by atoms with Crippen LogP contribution >= 0.6 is 0 Å². The lowest BCUT2D eigenvalue weighted by Gasteiger charge is -2.11. The quantitative estimate of drug-likeness (QED) is 0.252. The molecule has 0 N–H and O–H groups in total. The molecule has 4 aromatic carbocycles. The van der Waals surface area contributed by atoms with Crippen LogP contribution in [-0.2, 0) is 0 Å². The highest BCUT2D eigenvalue weighted by Crippen LogP contribution is 2.31. The summed E-state index contributed by atoms with van der Waals surface area (Å²) in [5.41, 5.74) is 6.91. The van der Waals surface area contributed by atoms with Gasteiger partial charge in [-0.2, -0.15) is 5.10 Å². The second-order valence-corrected chi connectivity index (χ2v) is 9.05. The summed E-state index contributed by atoms with van der Waals surface area (Å²) in [4.78, 5) is 10.3. The van der Waals surface area contributed by atoms with Gasteiger partial charge in [-0.15, -0.1) is 0 Å².